The Hall–Kier alpha value is -2.35. The topological polar surface area (TPSA) is 105 Å². The van der Waals surface area contributed by atoms with Crippen LogP contribution in [-0.4, -0.2) is 31.6 Å². The predicted octanol–water partition coefficient (Wildman–Crippen LogP) is 2.01. The summed E-state index contributed by atoms with van der Waals surface area (Å²) < 4.78 is 3.78. The molecule has 0 aromatic carbocycles. The number of aromatic carboxylic acids is 1. The Morgan fingerprint density at radius 3 is 2.80 bits per heavy atom. The number of hydrogen-bond donors (Lipinski definition) is 2. The number of carboxylic acids is 1. The average Bonchev–Trinajstić information content (AvgIpc) is 2.88. The number of nitrogens with one attached hydrogen (secondary N) is 1. The van der Waals surface area contributed by atoms with Crippen LogP contribution in [0.25, 0.3) is 0 Å². The molecule has 1 amide bonds. The van der Waals surface area contributed by atoms with Gasteiger partial charge in [0.2, 0.25) is 0 Å². The number of carbonyl (C=O) groups is 2. The molecule has 0 saturated carbocycles. The molecule has 0 atom stereocenters. The van der Waals surface area contributed by atoms with Gasteiger partial charge in [0.25, 0.3) is 5.91 Å². The maximum Gasteiger partial charge on any atom is 0.354 e. The first-order chi connectivity index (χ1) is 9.49. The molecule has 0 spiro atoms. The number of aromatic nitrogens is 3. The van der Waals surface area contributed by atoms with Gasteiger partial charge < -0.3 is 10.4 Å². The quantitative estimate of drug-likeness (QED) is 0.893. The van der Waals surface area contributed by atoms with Crippen LogP contribution in [-0.2, 0) is 0 Å². The summed E-state index contributed by atoms with van der Waals surface area (Å²) in [5.41, 5.74) is 0.861. The molecule has 0 fully saturated rings. The third-order valence-corrected chi connectivity index (χ3v) is 3.24. The van der Waals surface area contributed by atoms with Gasteiger partial charge in [-0.3, -0.25) is 4.79 Å². The molecule has 0 aliphatic heterocycles. The van der Waals surface area contributed by atoms with Crippen molar-refractivity contribution in [2.75, 3.05) is 5.32 Å². The van der Waals surface area contributed by atoms with Crippen molar-refractivity contribution in [2.45, 2.75) is 19.8 Å². The number of carbonyl (C=O) groups excluding carboxylic acids is 1. The first kappa shape index (κ1) is 14.1. The van der Waals surface area contributed by atoms with Gasteiger partial charge in [-0.05, 0) is 29.6 Å². The number of rotatable bonds is 4. The molecular weight excluding hydrogens is 280 g/mol. The van der Waals surface area contributed by atoms with E-state index >= 15 is 0 Å². The Bertz CT molecular complexity index is 654. The number of anilines is 1. The van der Waals surface area contributed by atoms with Gasteiger partial charge in [-0.15, -0.1) is 5.10 Å². The maximum absolute atomic E-state index is 12.1. The monoisotopic (exact) mass is 292 g/mol. The molecule has 2 aromatic heterocycles. The minimum atomic E-state index is -1.15. The smallest absolute Gasteiger partial charge is 0.354 e. The van der Waals surface area contributed by atoms with Crippen molar-refractivity contribution in [3.63, 3.8) is 0 Å². The van der Waals surface area contributed by atoms with Crippen LogP contribution < -0.4 is 5.32 Å². The molecule has 0 bridgehead atoms. The minimum absolute atomic E-state index is 0.0847. The Balaban J connectivity index is 2.21. The molecule has 0 unspecified atom stereocenters. The second-order valence-electron chi connectivity index (χ2n) is 4.33. The molecule has 2 rings (SSSR count). The van der Waals surface area contributed by atoms with Gasteiger partial charge in [-0.1, -0.05) is 18.3 Å². The van der Waals surface area contributed by atoms with Gasteiger partial charge in [0.1, 0.15) is 10.6 Å². The highest BCUT2D eigenvalue weighted by atomic mass is 32.1. The van der Waals surface area contributed by atoms with Gasteiger partial charge >= 0.3 is 5.97 Å². The largest absolute Gasteiger partial charge is 0.477 e. The van der Waals surface area contributed by atoms with Crippen LogP contribution in [0, 0.1) is 0 Å². The van der Waals surface area contributed by atoms with E-state index in [1.54, 1.807) is 0 Å². The van der Waals surface area contributed by atoms with Crippen molar-refractivity contribution in [1.29, 1.82) is 0 Å². The fraction of sp³-hybridized carbons (Fsp3) is 0.250. The lowest BCUT2D eigenvalue weighted by atomic mass is 10.1. The molecule has 20 heavy (non-hydrogen) atoms. The van der Waals surface area contributed by atoms with Crippen molar-refractivity contribution in [3.05, 3.63) is 34.6 Å². The number of carboxylic acid groups (broad SMARTS) is 1. The summed E-state index contributed by atoms with van der Waals surface area (Å²) in [6.45, 7) is 3.84. The summed E-state index contributed by atoms with van der Waals surface area (Å²) in [4.78, 5) is 27.1. The van der Waals surface area contributed by atoms with E-state index in [2.05, 4.69) is 19.9 Å². The molecule has 7 nitrogen and oxygen atoms in total. The van der Waals surface area contributed by atoms with E-state index < -0.39 is 5.97 Å². The second-order valence-corrected chi connectivity index (χ2v) is 5.09. The molecular formula is C12H12N4O3S. The van der Waals surface area contributed by atoms with E-state index in [1.807, 2.05) is 13.8 Å². The van der Waals surface area contributed by atoms with Crippen LogP contribution in [0.4, 0.5) is 5.69 Å². The zero-order valence-corrected chi connectivity index (χ0v) is 11.6. The first-order valence-corrected chi connectivity index (χ1v) is 6.59. The Morgan fingerprint density at radius 1 is 1.40 bits per heavy atom. The van der Waals surface area contributed by atoms with Crippen molar-refractivity contribution in [1.82, 2.24) is 14.6 Å². The third-order valence-electron chi connectivity index (χ3n) is 2.50. The summed E-state index contributed by atoms with van der Waals surface area (Å²) in [5.74, 6) is -1.42. The highest BCUT2D eigenvalue weighted by molar-refractivity contribution is 7.08. The number of amides is 1. The number of nitrogens with zero attached hydrogens (tertiary/aromatic N) is 3. The standard InChI is InChI=1S/C12H12N4O3S/c1-6(2)9-10(20-16-15-9)11(17)14-7-3-4-13-8(5-7)12(18)19/h3-6H,1-2H3,(H,18,19)(H,13,14,17). The molecule has 8 heteroatoms. The minimum Gasteiger partial charge on any atom is -0.477 e. The highest BCUT2D eigenvalue weighted by Crippen LogP contribution is 2.21. The Labute approximate surface area is 118 Å². The fourth-order valence-corrected chi connectivity index (χ4v) is 2.26. The van der Waals surface area contributed by atoms with Gasteiger partial charge in [0.15, 0.2) is 0 Å². The third kappa shape index (κ3) is 2.97. The normalized spacial score (nSPS) is 10.6. The van der Waals surface area contributed by atoms with E-state index in [0.717, 1.165) is 11.5 Å². The summed E-state index contributed by atoms with van der Waals surface area (Å²) >= 11 is 1.01. The maximum atomic E-state index is 12.1. The van der Waals surface area contributed by atoms with Gasteiger partial charge in [-0.2, -0.15) is 0 Å². The molecule has 2 heterocycles. The van der Waals surface area contributed by atoms with Crippen LogP contribution in [0.3, 0.4) is 0 Å². The van der Waals surface area contributed by atoms with E-state index in [1.165, 1.54) is 18.3 Å². The van der Waals surface area contributed by atoms with E-state index in [9.17, 15) is 9.59 Å². The van der Waals surface area contributed by atoms with Crippen LogP contribution in [0.15, 0.2) is 18.3 Å². The van der Waals surface area contributed by atoms with Crippen molar-refractivity contribution >= 4 is 29.1 Å². The summed E-state index contributed by atoms with van der Waals surface area (Å²) in [5, 5.41) is 15.4. The van der Waals surface area contributed by atoms with Crippen LogP contribution >= 0.6 is 11.5 Å². The zero-order chi connectivity index (χ0) is 14.7. The molecule has 0 aliphatic rings. The van der Waals surface area contributed by atoms with E-state index in [4.69, 9.17) is 5.11 Å². The molecule has 0 saturated heterocycles. The van der Waals surface area contributed by atoms with Crippen LogP contribution in [0.1, 0.15) is 45.6 Å². The number of hydrogen-bond acceptors (Lipinski definition) is 6. The molecule has 0 radical (unpaired) electrons. The fourth-order valence-electron chi connectivity index (χ4n) is 1.55. The van der Waals surface area contributed by atoms with Crippen molar-refractivity contribution in [3.8, 4) is 0 Å². The number of pyridine rings is 1. The Kier molecular flexibility index (Phi) is 4.04. The van der Waals surface area contributed by atoms with E-state index in [-0.39, 0.29) is 17.5 Å². The average molecular weight is 292 g/mol. The Morgan fingerprint density at radius 2 is 2.15 bits per heavy atom. The SMILES string of the molecule is CC(C)c1nnsc1C(=O)Nc1ccnc(C(=O)O)c1. The molecule has 2 N–H and O–H groups in total. The zero-order valence-electron chi connectivity index (χ0n) is 10.8. The van der Waals surface area contributed by atoms with Gasteiger partial charge in [0, 0.05) is 11.9 Å². The van der Waals surface area contributed by atoms with Gasteiger partial charge in [0.05, 0.1) is 5.69 Å². The van der Waals surface area contributed by atoms with Crippen LogP contribution in [0.2, 0.25) is 0 Å². The van der Waals surface area contributed by atoms with Gasteiger partial charge in [-0.25, -0.2) is 9.78 Å². The summed E-state index contributed by atoms with van der Waals surface area (Å²) in [7, 11) is 0. The van der Waals surface area contributed by atoms with Crippen molar-refractivity contribution in [2.24, 2.45) is 0 Å². The molecule has 2 aromatic rings. The molecule has 0 aliphatic carbocycles. The summed E-state index contributed by atoms with van der Waals surface area (Å²) in [6.07, 6.45) is 1.33. The van der Waals surface area contributed by atoms with Crippen LogP contribution in [0.5, 0.6) is 0 Å². The summed E-state index contributed by atoms with van der Waals surface area (Å²) in [6, 6.07) is 2.82. The van der Waals surface area contributed by atoms with E-state index in [0.29, 0.717) is 16.3 Å². The second kappa shape index (κ2) is 5.74. The first-order valence-electron chi connectivity index (χ1n) is 5.82. The predicted molar refractivity (Wildman–Crippen MR) is 73.1 cm³/mol. The van der Waals surface area contributed by atoms with Crippen molar-refractivity contribution < 1.29 is 14.7 Å². The lowest BCUT2D eigenvalue weighted by Crippen LogP contribution is -2.14. The lowest BCUT2D eigenvalue weighted by Gasteiger charge is -2.06. The molecule has 104 valence electrons. The highest BCUT2D eigenvalue weighted by Gasteiger charge is 2.19. The lowest BCUT2D eigenvalue weighted by molar-refractivity contribution is 0.0690.